The molecule has 3 nitrogen and oxygen atoms in total. The van der Waals surface area contributed by atoms with E-state index in [1.54, 1.807) is 4.42 Å². The van der Waals surface area contributed by atoms with Crippen LogP contribution in [0.2, 0.25) is 0 Å². The van der Waals surface area contributed by atoms with Crippen molar-refractivity contribution in [1.29, 1.82) is 0 Å². The Labute approximate surface area is 110 Å². The van der Waals surface area contributed by atoms with Crippen molar-refractivity contribution in [3.63, 3.8) is 0 Å². The first-order valence-electron chi connectivity index (χ1n) is 5.94. The van der Waals surface area contributed by atoms with Crippen LogP contribution < -0.4 is 0 Å². The van der Waals surface area contributed by atoms with Crippen LogP contribution in [0.15, 0.2) is 30.5 Å². The van der Waals surface area contributed by atoms with Crippen molar-refractivity contribution in [3.8, 4) is 0 Å². The Kier molecular flexibility index (Phi) is 2.94. The number of hydrogen-bond donors (Lipinski definition) is 1. The molecule has 92 valence electrons. The summed E-state index contributed by atoms with van der Waals surface area (Å²) in [6, 6.07) is 5.70. The maximum absolute atomic E-state index is 10.9. The molecule has 0 amide bonds. The third-order valence-corrected chi connectivity index (χ3v) is 3.65. The van der Waals surface area contributed by atoms with Gasteiger partial charge < -0.3 is 4.98 Å². The van der Waals surface area contributed by atoms with E-state index in [-0.39, 0.29) is 0 Å². The number of hydrogen-bond acceptors (Lipinski definition) is 2. The van der Waals surface area contributed by atoms with E-state index in [1.165, 1.54) is 11.1 Å². The SMILES string of the molecule is O=Cc1ccc2[nH]cc(C3=CCN(Cl)CC3)c2c1. The van der Waals surface area contributed by atoms with Crippen LogP contribution in [-0.2, 0) is 0 Å². The number of aromatic amines is 1. The van der Waals surface area contributed by atoms with Crippen LogP contribution in [0, 0.1) is 0 Å². The highest BCUT2D eigenvalue weighted by Gasteiger charge is 2.14. The first kappa shape index (κ1) is 11.5. The molecule has 1 aliphatic rings. The van der Waals surface area contributed by atoms with Gasteiger partial charge in [0, 0.05) is 41.3 Å². The van der Waals surface area contributed by atoms with Crippen molar-refractivity contribution >= 4 is 34.5 Å². The molecule has 0 bridgehead atoms. The van der Waals surface area contributed by atoms with Gasteiger partial charge in [0.2, 0.25) is 0 Å². The Morgan fingerprint density at radius 1 is 1.39 bits per heavy atom. The van der Waals surface area contributed by atoms with Crippen LogP contribution in [0.1, 0.15) is 22.3 Å². The number of benzene rings is 1. The zero-order valence-electron chi connectivity index (χ0n) is 9.82. The monoisotopic (exact) mass is 260 g/mol. The fraction of sp³-hybridized carbons (Fsp3) is 0.214. The molecule has 2 aromatic rings. The topological polar surface area (TPSA) is 36.1 Å². The van der Waals surface area contributed by atoms with Gasteiger partial charge >= 0.3 is 0 Å². The Bertz CT molecular complexity index is 630. The van der Waals surface area contributed by atoms with Crippen molar-refractivity contribution in [1.82, 2.24) is 9.40 Å². The van der Waals surface area contributed by atoms with Gasteiger partial charge in [-0.15, -0.1) is 0 Å². The van der Waals surface area contributed by atoms with E-state index >= 15 is 0 Å². The lowest BCUT2D eigenvalue weighted by atomic mass is 9.99. The summed E-state index contributed by atoms with van der Waals surface area (Å²) in [6.45, 7) is 1.62. The van der Waals surface area contributed by atoms with Crippen LogP contribution in [-0.4, -0.2) is 28.8 Å². The molecule has 2 heterocycles. The van der Waals surface area contributed by atoms with Gasteiger partial charge in [0.1, 0.15) is 6.29 Å². The van der Waals surface area contributed by atoms with Crippen LogP contribution >= 0.6 is 11.8 Å². The van der Waals surface area contributed by atoms with Gasteiger partial charge in [0.25, 0.3) is 0 Å². The highest BCUT2D eigenvalue weighted by Crippen LogP contribution is 2.29. The van der Waals surface area contributed by atoms with Crippen molar-refractivity contribution in [3.05, 3.63) is 41.6 Å². The fourth-order valence-electron chi connectivity index (χ4n) is 2.37. The zero-order chi connectivity index (χ0) is 12.5. The summed E-state index contributed by atoms with van der Waals surface area (Å²) in [5, 5.41) is 1.11. The summed E-state index contributed by atoms with van der Waals surface area (Å²) in [7, 11) is 0. The average molecular weight is 261 g/mol. The molecule has 0 saturated carbocycles. The highest BCUT2D eigenvalue weighted by molar-refractivity contribution is 6.13. The molecule has 1 N–H and O–H groups in total. The zero-order valence-corrected chi connectivity index (χ0v) is 10.6. The van der Waals surface area contributed by atoms with E-state index in [9.17, 15) is 4.79 Å². The molecular weight excluding hydrogens is 248 g/mol. The summed E-state index contributed by atoms with van der Waals surface area (Å²) in [6.07, 6.45) is 5.97. The van der Waals surface area contributed by atoms with Gasteiger partial charge in [-0.1, -0.05) is 6.08 Å². The molecule has 0 spiro atoms. The molecule has 0 fully saturated rings. The summed E-state index contributed by atoms with van der Waals surface area (Å²) in [4.78, 5) is 14.1. The average Bonchev–Trinajstić information content (AvgIpc) is 2.82. The number of carbonyl (C=O) groups is 1. The second-order valence-corrected chi connectivity index (χ2v) is 4.95. The molecule has 0 unspecified atom stereocenters. The molecule has 0 saturated heterocycles. The predicted molar refractivity (Wildman–Crippen MR) is 73.7 cm³/mol. The van der Waals surface area contributed by atoms with Gasteiger partial charge in [-0.05, 0) is 42.0 Å². The molecule has 0 atom stereocenters. The largest absolute Gasteiger partial charge is 0.361 e. The minimum atomic E-state index is 0.707. The van der Waals surface area contributed by atoms with Gasteiger partial charge in [-0.3, -0.25) is 4.79 Å². The lowest BCUT2D eigenvalue weighted by Gasteiger charge is -2.19. The molecule has 1 aliphatic heterocycles. The minimum Gasteiger partial charge on any atom is -0.361 e. The van der Waals surface area contributed by atoms with Crippen molar-refractivity contribution in [2.24, 2.45) is 0 Å². The lowest BCUT2D eigenvalue weighted by Crippen LogP contribution is -2.18. The molecule has 0 aliphatic carbocycles. The molecule has 18 heavy (non-hydrogen) atoms. The van der Waals surface area contributed by atoms with Crippen LogP contribution in [0.4, 0.5) is 0 Å². The first-order chi connectivity index (χ1) is 8.78. The second kappa shape index (κ2) is 4.59. The predicted octanol–water partition coefficient (Wildman–Crippen LogP) is 3.22. The lowest BCUT2D eigenvalue weighted by molar-refractivity contribution is 0.112. The second-order valence-electron chi connectivity index (χ2n) is 4.47. The summed E-state index contributed by atoms with van der Waals surface area (Å²) >= 11 is 5.94. The van der Waals surface area contributed by atoms with Crippen LogP contribution in [0.5, 0.6) is 0 Å². The van der Waals surface area contributed by atoms with E-state index in [1.807, 2.05) is 24.4 Å². The minimum absolute atomic E-state index is 0.707. The maximum Gasteiger partial charge on any atom is 0.150 e. The van der Waals surface area contributed by atoms with E-state index in [4.69, 9.17) is 11.8 Å². The fourth-order valence-corrected chi connectivity index (χ4v) is 2.52. The van der Waals surface area contributed by atoms with Gasteiger partial charge in [-0.2, -0.15) is 0 Å². The number of aldehydes is 1. The Morgan fingerprint density at radius 3 is 3.00 bits per heavy atom. The highest BCUT2D eigenvalue weighted by atomic mass is 35.5. The number of H-pyrrole nitrogens is 1. The molecular formula is C14H13ClN2O. The standard InChI is InChI=1S/C14H13ClN2O/c15-17-5-3-11(4-6-17)13-8-16-14-2-1-10(9-18)7-12(13)14/h1-3,7-9,16H,4-6H2. The van der Waals surface area contributed by atoms with Gasteiger partial charge in [0.05, 0.1) is 0 Å². The number of nitrogens with one attached hydrogen (secondary N) is 1. The van der Waals surface area contributed by atoms with Gasteiger partial charge in [-0.25, -0.2) is 4.42 Å². The normalized spacial score (nSPS) is 16.8. The number of aromatic nitrogens is 1. The van der Waals surface area contributed by atoms with E-state index in [2.05, 4.69) is 11.1 Å². The number of rotatable bonds is 2. The Hall–Kier alpha value is -1.58. The van der Waals surface area contributed by atoms with E-state index in [0.717, 1.165) is 36.7 Å². The number of fused-ring (bicyclic) bond motifs is 1. The smallest absolute Gasteiger partial charge is 0.150 e. The Morgan fingerprint density at radius 2 is 2.28 bits per heavy atom. The van der Waals surface area contributed by atoms with Crippen molar-refractivity contribution in [2.75, 3.05) is 13.1 Å². The number of carbonyl (C=O) groups excluding carboxylic acids is 1. The summed E-state index contributed by atoms with van der Waals surface area (Å²) in [5.41, 5.74) is 4.24. The third kappa shape index (κ3) is 1.96. The van der Waals surface area contributed by atoms with Crippen molar-refractivity contribution in [2.45, 2.75) is 6.42 Å². The van der Waals surface area contributed by atoms with E-state index < -0.39 is 0 Å². The molecule has 4 heteroatoms. The molecule has 1 aromatic carbocycles. The summed E-state index contributed by atoms with van der Waals surface area (Å²) in [5.74, 6) is 0. The molecule has 0 radical (unpaired) electrons. The van der Waals surface area contributed by atoms with Crippen molar-refractivity contribution < 1.29 is 4.79 Å². The first-order valence-corrected chi connectivity index (χ1v) is 6.28. The quantitative estimate of drug-likeness (QED) is 0.665. The van der Waals surface area contributed by atoms with Crippen LogP contribution in [0.3, 0.4) is 0 Å². The Balaban J connectivity index is 2.09. The number of nitrogens with zero attached hydrogens (tertiary/aromatic N) is 1. The molecule has 3 rings (SSSR count). The van der Waals surface area contributed by atoms with E-state index in [0.29, 0.717) is 5.56 Å². The third-order valence-electron chi connectivity index (χ3n) is 3.35. The molecule has 1 aromatic heterocycles. The maximum atomic E-state index is 10.9. The van der Waals surface area contributed by atoms with Crippen LogP contribution in [0.25, 0.3) is 16.5 Å². The van der Waals surface area contributed by atoms with Gasteiger partial charge in [0.15, 0.2) is 0 Å². The summed E-state index contributed by atoms with van der Waals surface area (Å²) < 4.78 is 1.77. The number of halogens is 1.